The Morgan fingerprint density at radius 2 is 2.25 bits per heavy atom. The molecule has 2 N–H and O–H groups in total. The van der Waals surface area contributed by atoms with E-state index in [2.05, 4.69) is 4.98 Å². The Bertz CT molecular complexity index is 440. The number of likely N-dealkylation sites (N-methyl/N-ethyl adjacent to an activating group) is 1. The van der Waals surface area contributed by atoms with Gasteiger partial charge >= 0.3 is 0 Å². The molecule has 0 fully saturated rings. The lowest BCUT2D eigenvalue weighted by Crippen LogP contribution is -2.39. The van der Waals surface area contributed by atoms with Gasteiger partial charge in [-0.05, 0) is 13.8 Å². The van der Waals surface area contributed by atoms with Crippen LogP contribution in [-0.2, 0) is 16.6 Å². The Hall–Kier alpha value is -0.920. The highest BCUT2D eigenvalue weighted by Gasteiger charge is 2.26. The van der Waals surface area contributed by atoms with Gasteiger partial charge in [-0.25, -0.2) is 13.4 Å². The van der Waals surface area contributed by atoms with Gasteiger partial charge in [0.1, 0.15) is 0 Å². The van der Waals surface area contributed by atoms with Gasteiger partial charge in [-0.2, -0.15) is 4.31 Å². The quantitative estimate of drug-likeness (QED) is 0.784. The van der Waals surface area contributed by atoms with Gasteiger partial charge in [0.2, 0.25) is 0 Å². The fourth-order valence-electron chi connectivity index (χ4n) is 1.18. The van der Waals surface area contributed by atoms with Crippen molar-refractivity contribution in [1.29, 1.82) is 0 Å². The number of aromatic nitrogens is 2. The monoisotopic (exact) mass is 246 g/mol. The normalized spacial score (nSPS) is 14.3. The van der Waals surface area contributed by atoms with Gasteiger partial charge in [0.25, 0.3) is 10.0 Å². The highest BCUT2D eigenvalue weighted by molar-refractivity contribution is 7.89. The molecule has 1 aromatic rings. The van der Waals surface area contributed by atoms with Crippen molar-refractivity contribution in [2.24, 2.45) is 5.73 Å². The SMILES string of the molecule is CCn1cnc(S(=O)(=O)N(C)C(C)CN)c1. The van der Waals surface area contributed by atoms with E-state index in [-0.39, 0.29) is 17.6 Å². The van der Waals surface area contributed by atoms with Crippen LogP contribution in [0.3, 0.4) is 0 Å². The van der Waals surface area contributed by atoms with Gasteiger partial charge in [-0.3, -0.25) is 0 Å². The van der Waals surface area contributed by atoms with E-state index in [1.807, 2.05) is 6.92 Å². The van der Waals surface area contributed by atoms with Crippen molar-refractivity contribution in [1.82, 2.24) is 13.9 Å². The summed E-state index contributed by atoms with van der Waals surface area (Å²) in [6.07, 6.45) is 3.03. The van der Waals surface area contributed by atoms with Gasteiger partial charge in [-0.1, -0.05) is 0 Å². The maximum atomic E-state index is 12.1. The molecule has 0 spiro atoms. The Balaban J connectivity index is 3.01. The second-order valence-corrected chi connectivity index (χ2v) is 5.59. The molecule has 1 aromatic heterocycles. The molecule has 1 heterocycles. The van der Waals surface area contributed by atoms with Crippen LogP contribution in [0.15, 0.2) is 17.6 Å². The predicted molar refractivity (Wildman–Crippen MR) is 61.4 cm³/mol. The summed E-state index contributed by atoms with van der Waals surface area (Å²) in [6.45, 7) is 4.65. The first-order chi connectivity index (χ1) is 7.43. The van der Waals surface area contributed by atoms with Gasteiger partial charge in [0.15, 0.2) is 5.03 Å². The second-order valence-electron chi connectivity index (χ2n) is 3.65. The van der Waals surface area contributed by atoms with Crippen molar-refractivity contribution in [2.75, 3.05) is 13.6 Å². The van der Waals surface area contributed by atoms with Gasteiger partial charge < -0.3 is 10.3 Å². The number of nitrogens with zero attached hydrogens (tertiary/aromatic N) is 3. The third-order valence-corrected chi connectivity index (χ3v) is 4.44. The van der Waals surface area contributed by atoms with Gasteiger partial charge in [-0.15, -0.1) is 0 Å². The molecule has 6 nitrogen and oxygen atoms in total. The van der Waals surface area contributed by atoms with E-state index in [0.29, 0.717) is 6.54 Å². The molecule has 0 radical (unpaired) electrons. The number of hydrogen-bond acceptors (Lipinski definition) is 4. The molecular weight excluding hydrogens is 228 g/mol. The summed E-state index contributed by atoms with van der Waals surface area (Å²) in [5, 5.41) is 0.0668. The highest BCUT2D eigenvalue weighted by Crippen LogP contribution is 2.13. The summed E-state index contributed by atoms with van der Waals surface area (Å²) in [7, 11) is -2.01. The molecule has 0 aliphatic carbocycles. The zero-order chi connectivity index (χ0) is 12.3. The molecule has 0 aliphatic rings. The summed E-state index contributed by atoms with van der Waals surface area (Å²) in [5.74, 6) is 0. The fraction of sp³-hybridized carbons (Fsp3) is 0.667. The Morgan fingerprint density at radius 1 is 1.62 bits per heavy atom. The number of rotatable bonds is 5. The van der Waals surface area contributed by atoms with Crippen LogP contribution >= 0.6 is 0 Å². The van der Waals surface area contributed by atoms with Crippen LogP contribution in [0.4, 0.5) is 0 Å². The molecule has 1 rings (SSSR count). The molecule has 0 saturated heterocycles. The molecule has 92 valence electrons. The first kappa shape index (κ1) is 13.1. The molecule has 16 heavy (non-hydrogen) atoms. The Morgan fingerprint density at radius 3 is 2.69 bits per heavy atom. The van der Waals surface area contributed by atoms with E-state index in [4.69, 9.17) is 5.73 Å². The Labute approximate surface area is 96.1 Å². The molecule has 0 bridgehead atoms. The van der Waals surface area contributed by atoms with Crippen LogP contribution in [0.2, 0.25) is 0 Å². The van der Waals surface area contributed by atoms with Gasteiger partial charge in [0.05, 0.1) is 6.33 Å². The third kappa shape index (κ3) is 2.42. The molecular formula is C9H18N4O2S. The van der Waals surface area contributed by atoms with Crippen molar-refractivity contribution in [2.45, 2.75) is 31.5 Å². The van der Waals surface area contributed by atoms with E-state index < -0.39 is 10.0 Å². The number of aryl methyl sites for hydroxylation is 1. The van der Waals surface area contributed by atoms with E-state index in [1.165, 1.54) is 23.9 Å². The van der Waals surface area contributed by atoms with E-state index in [1.54, 1.807) is 11.5 Å². The zero-order valence-electron chi connectivity index (χ0n) is 9.79. The molecule has 0 amide bonds. The minimum atomic E-state index is -3.52. The first-order valence-electron chi connectivity index (χ1n) is 5.13. The minimum Gasteiger partial charge on any atom is -0.336 e. The number of nitrogens with two attached hydrogens (primary N) is 1. The summed E-state index contributed by atoms with van der Waals surface area (Å²) in [4.78, 5) is 3.89. The van der Waals surface area contributed by atoms with Crippen LogP contribution in [0.1, 0.15) is 13.8 Å². The highest BCUT2D eigenvalue weighted by atomic mass is 32.2. The number of imidazole rings is 1. The lowest BCUT2D eigenvalue weighted by molar-refractivity contribution is 0.393. The van der Waals surface area contributed by atoms with Crippen LogP contribution in [-0.4, -0.2) is 41.9 Å². The summed E-state index contributed by atoms with van der Waals surface area (Å²) < 4.78 is 27.1. The Kier molecular flexibility index (Phi) is 4.06. The molecule has 1 unspecified atom stereocenters. The molecule has 7 heteroatoms. The fourth-order valence-corrected chi connectivity index (χ4v) is 2.48. The average molecular weight is 246 g/mol. The van der Waals surface area contributed by atoms with Crippen molar-refractivity contribution in [3.8, 4) is 0 Å². The minimum absolute atomic E-state index is 0.0668. The third-order valence-electron chi connectivity index (χ3n) is 2.58. The van der Waals surface area contributed by atoms with Crippen LogP contribution in [0.25, 0.3) is 0 Å². The number of sulfonamides is 1. The maximum absolute atomic E-state index is 12.1. The molecule has 0 saturated carbocycles. The number of hydrogen-bond donors (Lipinski definition) is 1. The predicted octanol–water partition coefficient (Wildman–Crippen LogP) is -0.129. The van der Waals surface area contributed by atoms with Crippen molar-refractivity contribution in [3.05, 3.63) is 12.5 Å². The van der Waals surface area contributed by atoms with E-state index in [0.717, 1.165) is 0 Å². The van der Waals surface area contributed by atoms with Gasteiger partial charge in [0, 0.05) is 32.4 Å². The first-order valence-corrected chi connectivity index (χ1v) is 6.57. The van der Waals surface area contributed by atoms with Crippen molar-refractivity contribution in [3.63, 3.8) is 0 Å². The lowest BCUT2D eigenvalue weighted by Gasteiger charge is -2.21. The summed E-state index contributed by atoms with van der Waals surface area (Å²) in [5.41, 5.74) is 5.45. The summed E-state index contributed by atoms with van der Waals surface area (Å²) in [6, 6.07) is -0.239. The van der Waals surface area contributed by atoms with Crippen molar-refractivity contribution >= 4 is 10.0 Å². The largest absolute Gasteiger partial charge is 0.336 e. The summed E-state index contributed by atoms with van der Waals surface area (Å²) >= 11 is 0. The van der Waals surface area contributed by atoms with E-state index >= 15 is 0 Å². The topological polar surface area (TPSA) is 81.2 Å². The van der Waals surface area contributed by atoms with E-state index in [9.17, 15) is 8.42 Å². The lowest BCUT2D eigenvalue weighted by atomic mass is 10.4. The van der Waals surface area contributed by atoms with Crippen LogP contribution in [0, 0.1) is 0 Å². The molecule has 0 aromatic carbocycles. The zero-order valence-corrected chi connectivity index (χ0v) is 10.6. The molecule has 0 aliphatic heterocycles. The average Bonchev–Trinajstić information content (AvgIpc) is 2.75. The van der Waals surface area contributed by atoms with Crippen LogP contribution in [0.5, 0.6) is 0 Å². The smallest absolute Gasteiger partial charge is 0.262 e. The van der Waals surface area contributed by atoms with Crippen LogP contribution < -0.4 is 5.73 Å². The maximum Gasteiger partial charge on any atom is 0.262 e. The second kappa shape index (κ2) is 4.94. The molecule has 1 atom stereocenters. The standard InChI is InChI=1S/C9H18N4O2S/c1-4-13-6-9(11-7-13)16(14,15)12(3)8(2)5-10/h6-8H,4-5,10H2,1-3H3. The van der Waals surface area contributed by atoms with Crippen molar-refractivity contribution < 1.29 is 8.42 Å².